The Morgan fingerprint density at radius 3 is 1.85 bits per heavy atom. The van der Waals surface area contributed by atoms with Gasteiger partial charge in [-0.3, -0.25) is 0 Å². The van der Waals surface area contributed by atoms with Gasteiger partial charge in [0.25, 0.3) is 6.16 Å². The van der Waals surface area contributed by atoms with Gasteiger partial charge in [-0.25, -0.2) is 8.78 Å². The number of carbonyl (C=O) groups is 1. The Morgan fingerprint density at radius 2 is 1.62 bits per heavy atom. The van der Waals surface area contributed by atoms with Gasteiger partial charge in [0.1, 0.15) is 0 Å². The second-order valence-electron chi connectivity index (χ2n) is 1.79. The van der Waals surface area contributed by atoms with E-state index in [1.54, 1.807) is 0 Å². The van der Waals surface area contributed by atoms with Crippen LogP contribution in [-0.2, 0) is 4.74 Å². The molecular weight excluding hydrogens is 210 g/mol. The standard InChI is InChI=1S/C4H2F6O3/c5-1(6)3(7,8)4(9,10)13-2(11)12/h1H,(H,11,12)/p-1. The predicted molar refractivity (Wildman–Crippen MR) is 22.4 cm³/mol. The highest BCUT2D eigenvalue weighted by Gasteiger charge is 2.63. The molecule has 0 bridgehead atoms. The van der Waals surface area contributed by atoms with Gasteiger partial charge >= 0.3 is 18.5 Å². The molecular formula is C4HF6O3-. The average Bonchev–Trinajstić information content (AvgIpc) is 1.83. The van der Waals surface area contributed by atoms with Gasteiger partial charge in [-0.15, -0.1) is 0 Å². The van der Waals surface area contributed by atoms with Gasteiger partial charge in [0.15, 0.2) is 0 Å². The first kappa shape index (κ1) is 11.8. The molecule has 0 saturated carbocycles. The summed E-state index contributed by atoms with van der Waals surface area (Å²) in [5, 5.41) is 9.29. The molecule has 9 heteroatoms. The van der Waals surface area contributed by atoms with Crippen LogP contribution in [0.3, 0.4) is 0 Å². The zero-order valence-corrected chi connectivity index (χ0v) is 5.57. The second-order valence-corrected chi connectivity index (χ2v) is 1.79. The van der Waals surface area contributed by atoms with E-state index >= 15 is 0 Å². The average molecular weight is 211 g/mol. The highest BCUT2D eigenvalue weighted by atomic mass is 19.3. The zero-order valence-electron chi connectivity index (χ0n) is 5.57. The largest absolute Gasteiger partial charge is 0.485 e. The lowest BCUT2D eigenvalue weighted by atomic mass is 10.3. The molecule has 0 radical (unpaired) electrons. The van der Waals surface area contributed by atoms with Crippen molar-refractivity contribution in [1.29, 1.82) is 0 Å². The summed E-state index contributed by atoms with van der Waals surface area (Å²) in [5.41, 5.74) is 0. The van der Waals surface area contributed by atoms with Crippen LogP contribution in [0.4, 0.5) is 31.1 Å². The highest BCUT2D eigenvalue weighted by molar-refractivity contribution is 5.54. The third kappa shape index (κ3) is 2.39. The van der Waals surface area contributed by atoms with E-state index in [1.807, 2.05) is 0 Å². The summed E-state index contributed by atoms with van der Waals surface area (Å²) >= 11 is 0. The van der Waals surface area contributed by atoms with Crippen LogP contribution >= 0.6 is 0 Å². The summed E-state index contributed by atoms with van der Waals surface area (Å²) in [4.78, 5) is 9.29. The number of rotatable bonds is 3. The van der Waals surface area contributed by atoms with Gasteiger partial charge < -0.3 is 14.6 Å². The Balaban J connectivity index is 4.70. The molecule has 0 aliphatic rings. The van der Waals surface area contributed by atoms with Gasteiger partial charge in [0.05, 0.1) is 0 Å². The third-order valence-corrected chi connectivity index (χ3v) is 0.874. The Kier molecular flexibility index (Phi) is 3.01. The molecule has 0 atom stereocenters. The Bertz CT molecular complexity index is 202. The van der Waals surface area contributed by atoms with Crippen molar-refractivity contribution in [3.8, 4) is 0 Å². The molecule has 0 aromatic rings. The molecule has 0 aliphatic carbocycles. The van der Waals surface area contributed by atoms with Crippen molar-refractivity contribution in [2.24, 2.45) is 0 Å². The van der Waals surface area contributed by atoms with Crippen molar-refractivity contribution in [2.45, 2.75) is 18.5 Å². The Labute approximate surface area is 66.9 Å². The van der Waals surface area contributed by atoms with E-state index < -0.39 is 24.6 Å². The quantitative estimate of drug-likeness (QED) is 0.513. The minimum atomic E-state index is -5.88. The molecule has 3 nitrogen and oxygen atoms in total. The minimum Gasteiger partial charge on any atom is -0.485 e. The van der Waals surface area contributed by atoms with Crippen LogP contribution in [0.5, 0.6) is 0 Å². The fourth-order valence-electron chi connectivity index (χ4n) is 0.300. The van der Waals surface area contributed by atoms with E-state index in [1.165, 1.54) is 0 Å². The number of alkyl halides is 6. The number of hydrogen-bond acceptors (Lipinski definition) is 3. The van der Waals surface area contributed by atoms with Crippen LogP contribution in [-0.4, -0.2) is 24.6 Å². The SMILES string of the molecule is O=C([O-])OC(F)(F)C(F)(F)C(F)F. The van der Waals surface area contributed by atoms with Crippen molar-refractivity contribution >= 4 is 6.16 Å². The van der Waals surface area contributed by atoms with Crippen LogP contribution in [0.25, 0.3) is 0 Å². The summed E-state index contributed by atoms with van der Waals surface area (Å²) in [5.74, 6) is -5.88. The second kappa shape index (κ2) is 3.30. The first-order valence-corrected chi connectivity index (χ1v) is 2.55. The van der Waals surface area contributed by atoms with Crippen LogP contribution in [0.1, 0.15) is 0 Å². The van der Waals surface area contributed by atoms with E-state index in [4.69, 9.17) is 0 Å². The summed E-state index contributed by atoms with van der Waals surface area (Å²) in [7, 11) is 0. The van der Waals surface area contributed by atoms with Crippen molar-refractivity contribution in [1.82, 2.24) is 0 Å². The highest BCUT2D eigenvalue weighted by Crippen LogP contribution is 2.39. The zero-order chi connectivity index (χ0) is 10.9. The molecule has 13 heavy (non-hydrogen) atoms. The number of halogens is 6. The molecule has 0 rings (SSSR count). The van der Waals surface area contributed by atoms with E-state index in [0.29, 0.717) is 0 Å². The van der Waals surface area contributed by atoms with Gasteiger partial charge in [0.2, 0.25) is 0 Å². The maximum Gasteiger partial charge on any atom is 0.409 e. The maximum atomic E-state index is 11.8. The maximum absolute atomic E-state index is 11.8. The van der Waals surface area contributed by atoms with E-state index in [9.17, 15) is 36.2 Å². The predicted octanol–water partition coefficient (Wildman–Crippen LogP) is 0.839. The molecule has 0 fully saturated rings. The van der Waals surface area contributed by atoms with E-state index in [0.717, 1.165) is 0 Å². The van der Waals surface area contributed by atoms with Crippen molar-refractivity contribution in [3.63, 3.8) is 0 Å². The minimum absolute atomic E-state index is 2.21. The molecule has 78 valence electrons. The molecule has 0 aliphatic heterocycles. The lowest BCUT2D eigenvalue weighted by molar-refractivity contribution is -0.390. The van der Waals surface area contributed by atoms with Gasteiger partial charge in [-0.1, -0.05) is 0 Å². The normalized spacial score (nSPS) is 13.2. The van der Waals surface area contributed by atoms with Crippen molar-refractivity contribution < 1.29 is 41.0 Å². The molecule has 0 spiro atoms. The smallest absolute Gasteiger partial charge is 0.409 e. The summed E-state index contributed by atoms with van der Waals surface area (Å²) < 4.78 is 71.9. The summed E-state index contributed by atoms with van der Waals surface area (Å²) in [6.07, 6.45) is -13.6. The van der Waals surface area contributed by atoms with Crippen molar-refractivity contribution in [2.75, 3.05) is 0 Å². The number of carbonyl (C=O) groups excluding carboxylic acids is 1. The molecule has 0 aromatic heterocycles. The molecule has 0 N–H and O–H groups in total. The van der Waals surface area contributed by atoms with Gasteiger partial charge in [-0.2, -0.15) is 17.6 Å². The number of carboxylic acid groups (broad SMARTS) is 1. The monoisotopic (exact) mass is 211 g/mol. The van der Waals surface area contributed by atoms with E-state index in [-0.39, 0.29) is 0 Å². The summed E-state index contributed by atoms with van der Waals surface area (Å²) in [6, 6.07) is 0. The molecule has 0 heterocycles. The number of hydrogen-bond donors (Lipinski definition) is 0. The fourth-order valence-corrected chi connectivity index (χ4v) is 0.300. The van der Waals surface area contributed by atoms with Gasteiger partial charge in [0, 0.05) is 0 Å². The lowest BCUT2D eigenvalue weighted by Gasteiger charge is -2.28. The van der Waals surface area contributed by atoms with Crippen LogP contribution in [0.15, 0.2) is 0 Å². The van der Waals surface area contributed by atoms with Crippen molar-refractivity contribution in [3.05, 3.63) is 0 Å². The topological polar surface area (TPSA) is 49.4 Å². The van der Waals surface area contributed by atoms with Crippen LogP contribution in [0, 0.1) is 0 Å². The third-order valence-electron chi connectivity index (χ3n) is 0.874. The molecule has 0 aromatic carbocycles. The Hall–Kier alpha value is -1.15. The first-order chi connectivity index (χ1) is 5.61. The number of ether oxygens (including phenoxy) is 1. The van der Waals surface area contributed by atoms with Crippen LogP contribution in [0.2, 0.25) is 0 Å². The van der Waals surface area contributed by atoms with Crippen LogP contribution < -0.4 is 5.11 Å². The fraction of sp³-hybridized carbons (Fsp3) is 0.750. The van der Waals surface area contributed by atoms with E-state index in [2.05, 4.69) is 4.74 Å². The lowest BCUT2D eigenvalue weighted by Crippen LogP contribution is -2.51. The molecule has 0 saturated heterocycles. The van der Waals surface area contributed by atoms with Gasteiger partial charge in [-0.05, 0) is 0 Å². The molecule has 0 unspecified atom stereocenters. The Morgan fingerprint density at radius 1 is 1.23 bits per heavy atom. The molecule has 0 amide bonds. The first-order valence-electron chi connectivity index (χ1n) is 2.55. The summed E-state index contributed by atoms with van der Waals surface area (Å²) in [6.45, 7) is 0.